The molecule has 8 nitrogen and oxygen atoms in total. The molecule has 0 spiro atoms. The Labute approximate surface area is 253 Å². The second-order valence-electron chi connectivity index (χ2n) is 10.8. The number of nitrogens with zero attached hydrogens (tertiary/aromatic N) is 4. The first-order valence-electron chi connectivity index (χ1n) is 15.2. The van der Waals surface area contributed by atoms with Gasteiger partial charge in [0.15, 0.2) is 23.2 Å². The van der Waals surface area contributed by atoms with Crippen LogP contribution in [-0.2, 0) is 17.6 Å². The Morgan fingerprint density at radius 3 is 2.30 bits per heavy atom. The predicted molar refractivity (Wildman–Crippen MR) is 168 cm³/mol. The summed E-state index contributed by atoms with van der Waals surface area (Å²) in [6.45, 7) is 6.93. The monoisotopic (exact) mass is 577 g/mol. The maximum atomic E-state index is 13.4. The van der Waals surface area contributed by atoms with Crippen molar-refractivity contribution in [1.29, 1.82) is 5.26 Å². The molecule has 1 fully saturated rings. The number of piperidine rings is 1. The number of anilines is 1. The van der Waals surface area contributed by atoms with Gasteiger partial charge in [-0.05, 0) is 80.8 Å². The molecule has 5 rings (SSSR count). The molecular weight excluding hydrogens is 538 g/mol. The molecule has 0 bridgehead atoms. The molecule has 2 heterocycles. The lowest BCUT2D eigenvalue weighted by Gasteiger charge is -2.34. The Kier molecular flexibility index (Phi) is 10.1. The van der Waals surface area contributed by atoms with Gasteiger partial charge >= 0.3 is 0 Å². The molecule has 1 amide bonds. The van der Waals surface area contributed by atoms with E-state index in [1.165, 1.54) is 5.56 Å². The largest absolute Gasteiger partial charge is 0.490 e. The van der Waals surface area contributed by atoms with E-state index >= 15 is 0 Å². The molecule has 43 heavy (non-hydrogen) atoms. The van der Waals surface area contributed by atoms with Crippen LogP contribution < -0.4 is 19.7 Å². The third-order valence-corrected chi connectivity index (χ3v) is 7.84. The lowest BCUT2D eigenvalue weighted by atomic mass is 9.90. The molecule has 8 heteroatoms. The summed E-state index contributed by atoms with van der Waals surface area (Å²) in [6.07, 6.45) is 3.66. The van der Waals surface area contributed by atoms with Crippen molar-refractivity contribution in [2.45, 2.75) is 45.4 Å². The average molecular weight is 578 g/mol. The summed E-state index contributed by atoms with van der Waals surface area (Å²) in [5.74, 6) is 1.15. The Balaban J connectivity index is 1.30. The Bertz CT molecular complexity index is 1560. The zero-order chi connectivity index (χ0) is 30.0. The van der Waals surface area contributed by atoms with Gasteiger partial charge in [0.1, 0.15) is 5.69 Å². The van der Waals surface area contributed by atoms with Crippen LogP contribution in [0.2, 0.25) is 0 Å². The first kappa shape index (κ1) is 29.8. The highest BCUT2D eigenvalue weighted by Gasteiger charge is 2.30. The molecule has 1 aliphatic heterocycles. The van der Waals surface area contributed by atoms with E-state index in [4.69, 9.17) is 19.4 Å². The Morgan fingerprint density at radius 2 is 1.60 bits per heavy atom. The number of aromatic nitrogens is 2. The number of benzene rings is 3. The van der Waals surface area contributed by atoms with Gasteiger partial charge in [0.25, 0.3) is 0 Å². The van der Waals surface area contributed by atoms with Crippen LogP contribution in [0.25, 0.3) is 11.0 Å². The fourth-order valence-electron chi connectivity index (χ4n) is 5.65. The Hall–Kier alpha value is -4.64. The van der Waals surface area contributed by atoms with Gasteiger partial charge in [-0.2, -0.15) is 5.26 Å². The quantitative estimate of drug-likeness (QED) is 0.225. The van der Waals surface area contributed by atoms with Crippen molar-refractivity contribution in [3.05, 3.63) is 89.6 Å². The number of ether oxygens (including phenoxy) is 2. The molecule has 222 valence electrons. The van der Waals surface area contributed by atoms with E-state index in [0.717, 1.165) is 43.4 Å². The number of fused-ring (bicyclic) bond motifs is 1. The molecule has 1 aromatic heterocycles. The summed E-state index contributed by atoms with van der Waals surface area (Å²) >= 11 is 0. The van der Waals surface area contributed by atoms with Crippen LogP contribution in [0.5, 0.6) is 11.5 Å². The van der Waals surface area contributed by atoms with Crippen molar-refractivity contribution in [1.82, 2.24) is 15.3 Å². The number of nitriles is 1. The molecule has 0 aliphatic carbocycles. The van der Waals surface area contributed by atoms with E-state index in [1.807, 2.05) is 62.4 Å². The number of carbonyl (C=O) groups excluding carboxylic acids is 1. The van der Waals surface area contributed by atoms with Crippen LogP contribution in [0.1, 0.15) is 49.4 Å². The number of para-hydroxylation sites is 2. The second-order valence-corrected chi connectivity index (χ2v) is 10.8. The summed E-state index contributed by atoms with van der Waals surface area (Å²) in [7, 11) is 0. The molecule has 0 saturated carbocycles. The molecule has 1 saturated heterocycles. The van der Waals surface area contributed by atoms with Gasteiger partial charge in [-0.25, -0.2) is 9.97 Å². The summed E-state index contributed by atoms with van der Waals surface area (Å²) in [5.41, 5.74) is 4.20. The highest BCUT2D eigenvalue weighted by molar-refractivity contribution is 5.88. The van der Waals surface area contributed by atoms with Gasteiger partial charge in [-0.1, -0.05) is 48.5 Å². The summed E-state index contributed by atoms with van der Waals surface area (Å²) in [5, 5.41) is 13.2. The summed E-state index contributed by atoms with van der Waals surface area (Å²) < 4.78 is 11.4. The first-order valence-corrected chi connectivity index (χ1v) is 15.2. The van der Waals surface area contributed by atoms with Crippen molar-refractivity contribution in [2.24, 2.45) is 5.92 Å². The van der Waals surface area contributed by atoms with E-state index in [-0.39, 0.29) is 5.91 Å². The topological polar surface area (TPSA) is 100 Å². The normalized spacial score (nSPS) is 14.2. The molecular formula is C35H39N5O3. The van der Waals surface area contributed by atoms with Gasteiger partial charge in [-0.15, -0.1) is 0 Å². The minimum Gasteiger partial charge on any atom is -0.490 e. The van der Waals surface area contributed by atoms with Crippen molar-refractivity contribution in [3.63, 3.8) is 0 Å². The van der Waals surface area contributed by atoms with E-state index in [2.05, 4.69) is 40.6 Å². The van der Waals surface area contributed by atoms with Crippen molar-refractivity contribution in [2.75, 3.05) is 37.7 Å². The van der Waals surface area contributed by atoms with Gasteiger partial charge in [0.2, 0.25) is 5.91 Å². The maximum Gasteiger partial charge on any atom is 0.243 e. The SMILES string of the molecule is CCOc1ccc(CCNC(=O)[C@@H](C#N)c2nc3ccccc3nc2N2CCC(Cc3ccccc3)CC2)cc1OCC. The van der Waals surface area contributed by atoms with E-state index in [9.17, 15) is 10.1 Å². The fraction of sp³-hybridized carbons (Fsp3) is 0.371. The lowest BCUT2D eigenvalue weighted by molar-refractivity contribution is -0.121. The average Bonchev–Trinajstić information content (AvgIpc) is 3.03. The van der Waals surface area contributed by atoms with Gasteiger partial charge in [-0.3, -0.25) is 4.79 Å². The number of rotatable bonds is 12. The molecule has 0 radical (unpaired) electrons. The number of hydrogen-bond acceptors (Lipinski definition) is 7. The smallest absolute Gasteiger partial charge is 0.243 e. The molecule has 1 N–H and O–H groups in total. The number of nitrogens with one attached hydrogen (secondary N) is 1. The molecule has 0 unspecified atom stereocenters. The minimum atomic E-state index is -1.08. The second kappa shape index (κ2) is 14.5. The third-order valence-electron chi connectivity index (χ3n) is 7.84. The van der Waals surface area contributed by atoms with Crippen molar-refractivity contribution in [3.8, 4) is 17.6 Å². The third kappa shape index (κ3) is 7.42. The van der Waals surface area contributed by atoms with Crippen LogP contribution in [0.3, 0.4) is 0 Å². The number of amides is 1. The molecule has 3 aromatic carbocycles. The first-order chi connectivity index (χ1) is 21.1. The van der Waals surface area contributed by atoms with Crippen LogP contribution >= 0.6 is 0 Å². The summed E-state index contributed by atoms with van der Waals surface area (Å²) in [4.78, 5) is 25.4. The fourth-order valence-corrected chi connectivity index (χ4v) is 5.65. The van der Waals surface area contributed by atoms with Gasteiger partial charge in [0, 0.05) is 19.6 Å². The number of hydrogen-bond donors (Lipinski definition) is 1. The van der Waals surface area contributed by atoms with E-state index < -0.39 is 5.92 Å². The van der Waals surface area contributed by atoms with Crippen LogP contribution in [0.15, 0.2) is 72.8 Å². The molecule has 1 aliphatic rings. The lowest BCUT2D eigenvalue weighted by Crippen LogP contribution is -2.37. The van der Waals surface area contributed by atoms with E-state index in [0.29, 0.717) is 60.6 Å². The minimum absolute atomic E-state index is 0.372. The van der Waals surface area contributed by atoms with Crippen LogP contribution in [0, 0.1) is 17.2 Å². The van der Waals surface area contributed by atoms with E-state index in [1.54, 1.807) is 0 Å². The molecule has 1 atom stereocenters. The van der Waals surface area contributed by atoms with Crippen molar-refractivity contribution < 1.29 is 14.3 Å². The molecule has 4 aromatic rings. The van der Waals surface area contributed by atoms with Crippen molar-refractivity contribution >= 4 is 22.8 Å². The van der Waals surface area contributed by atoms with Crippen LogP contribution in [0.4, 0.5) is 5.82 Å². The van der Waals surface area contributed by atoms with Crippen LogP contribution in [-0.4, -0.2) is 48.7 Å². The summed E-state index contributed by atoms with van der Waals surface area (Å²) in [6, 6.07) is 26.2. The van der Waals surface area contributed by atoms with Gasteiger partial charge in [0.05, 0.1) is 30.3 Å². The standard InChI is InChI=1S/C35H39N5O3/c1-3-42-31-15-14-26(23-32(31)43-4-2)16-19-37-35(41)28(24-36)33-34(39-30-13-9-8-12-29(30)38-33)40-20-17-27(18-21-40)22-25-10-6-5-7-11-25/h5-15,23,27-28H,3-4,16-22H2,1-2H3,(H,37,41)/t28-/m0/s1. The Morgan fingerprint density at radius 1 is 0.930 bits per heavy atom. The zero-order valence-corrected chi connectivity index (χ0v) is 25.0. The number of carbonyl (C=O) groups is 1. The maximum absolute atomic E-state index is 13.4. The zero-order valence-electron chi connectivity index (χ0n) is 25.0. The highest BCUT2D eigenvalue weighted by atomic mass is 16.5. The highest BCUT2D eigenvalue weighted by Crippen LogP contribution is 2.32. The predicted octanol–water partition coefficient (Wildman–Crippen LogP) is 5.85. The van der Waals surface area contributed by atoms with Gasteiger partial charge < -0.3 is 19.7 Å².